The van der Waals surface area contributed by atoms with Crippen molar-refractivity contribution in [3.05, 3.63) is 63.7 Å². The van der Waals surface area contributed by atoms with E-state index in [4.69, 9.17) is 11.6 Å². The average Bonchev–Trinajstić information content (AvgIpc) is 3.01. The predicted molar refractivity (Wildman–Crippen MR) is 108 cm³/mol. The molecule has 0 aromatic heterocycles. The van der Waals surface area contributed by atoms with Crippen molar-refractivity contribution in [1.29, 1.82) is 0 Å². The van der Waals surface area contributed by atoms with Gasteiger partial charge in [-0.05, 0) is 55.3 Å². The first-order valence-electron chi connectivity index (χ1n) is 9.31. The third-order valence-corrected chi connectivity index (χ3v) is 6.28. The van der Waals surface area contributed by atoms with Crippen molar-refractivity contribution in [3.8, 4) is 11.5 Å². The Hall–Kier alpha value is -2.34. The van der Waals surface area contributed by atoms with E-state index in [9.17, 15) is 20.1 Å². The van der Waals surface area contributed by atoms with Gasteiger partial charge in [0.15, 0.2) is 5.78 Å². The smallest absolute Gasteiger partial charge is 0.190 e. The minimum Gasteiger partial charge on any atom is -0.508 e. The van der Waals surface area contributed by atoms with Crippen molar-refractivity contribution >= 4 is 23.0 Å². The zero-order valence-electron chi connectivity index (χ0n) is 15.5. The number of phenols is 2. The number of carbonyl (C=O) groups excluding carboxylic acids is 1. The molecule has 0 amide bonds. The van der Waals surface area contributed by atoms with Crippen LogP contribution in [-0.4, -0.2) is 52.2 Å². The lowest BCUT2D eigenvalue weighted by Crippen LogP contribution is -2.32. The summed E-state index contributed by atoms with van der Waals surface area (Å²) in [5, 5.41) is 31.5. The number of carbonyl (C=O) groups is 1. The first-order valence-corrected chi connectivity index (χ1v) is 9.68. The number of rotatable bonds is 3. The summed E-state index contributed by atoms with van der Waals surface area (Å²) in [5.41, 5.74) is 3.01. The molecule has 0 spiro atoms. The molecule has 3 N–H and O–H groups in total. The maximum Gasteiger partial charge on any atom is 0.190 e. The number of halogens is 1. The molecule has 146 valence electrons. The van der Waals surface area contributed by atoms with Crippen LogP contribution in [0.5, 0.6) is 11.5 Å². The van der Waals surface area contributed by atoms with Gasteiger partial charge >= 0.3 is 0 Å². The summed E-state index contributed by atoms with van der Waals surface area (Å²) in [5.74, 6) is -0.685. The van der Waals surface area contributed by atoms with Crippen molar-refractivity contribution in [1.82, 2.24) is 4.90 Å². The Morgan fingerprint density at radius 3 is 2.68 bits per heavy atom. The fourth-order valence-electron chi connectivity index (χ4n) is 4.57. The minimum absolute atomic E-state index is 0.0387. The summed E-state index contributed by atoms with van der Waals surface area (Å²) in [6, 6.07) is 8.41. The lowest BCUT2D eigenvalue weighted by molar-refractivity contribution is 0.104. The molecule has 0 bridgehead atoms. The minimum atomic E-state index is -0.304. The molecule has 2 atom stereocenters. The molecule has 4 rings (SSSR count). The zero-order valence-corrected chi connectivity index (χ0v) is 16.3. The van der Waals surface area contributed by atoms with Gasteiger partial charge in [-0.25, -0.2) is 0 Å². The van der Waals surface area contributed by atoms with E-state index in [1.807, 2.05) is 25.2 Å². The van der Waals surface area contributed by atoms with E-state index < -0.39 is 0 Å². The van der Waals surface area contributed by atoms with Gasteiger partial charge in [0.2, 0.25) is 0 Å². The summed E-state index contributed by atoms with van der Waals surface area (Å²) < 4.78 is 0. The Labute approximate surface area is 168 Å². The van der Waals surface area contributed by atoms with E-state index in [1.54, 1.807) is 6.07 Å². The first kappa shape index (κ1) is 19.0. The van der Waals surface area contributed by atoms with E-state index in [2.05, 4.69) is 4.90 Å². The van der Waals surface area contributed by atoms with Crippen molar-refractivity contribution in [2.24, 2.45) is 0 Å². The Kier molecular flexibility index (Phi) is 4.91. The van der Waals surface area contributed by atoms with Gasteiger partial charge in [0.25, 0.3) is 0 Å². The van der Waals surface area contributed by atoms with Gasteiger partial charge < -0.3 is 20.2 Å². The number of likely N-dealkylation sites (N-methyl/N-ethyl adjacent to an activating group) is 1. The normalized spacial score (nSPS) is 22.2. The molecular weight excluding hydrogens is 378 g/mol. The number of aromatic hydroxyl groups is 2. The van der Waals surface area contributed by atoms with Crippen LogP contribution in [0, 0.1) is 0 Å². The lowest BCUT2D eigenvalue weighted by Gasteiger charge is -2.28. The van der Waals surface area contributed by atoms with Crippen LogP contribution in [0.3, 0.4) is 0 Å². The van der Waals surface area contributed by atoms with Crippen LogP contribution in [0.1, 0.15) is 39.4 Å². The highest BCUT2D eigenvalue weighted by molar-refractivity contribution is 6.32. The Bertz CT molecular complexity index is 985. The van der Waals surface area contributed by atoms with Gasteiger partial charge in [0.1, 0.15) is 11.5 Å². The fraction of sp³-hybridized carbons (Fsp3) is 0.318. The van der Waals surface area contributed by atoms with E-state index in [-0.39, 0.29) is 41.4 Å². The monoisotopic (exact) mass is 399 g/mol. The van der Waals surface area contributed by atoms with Crippen LogP contribution in [0.25, 0.3) is 5.57 Å². The number of phenolic OH excluding ortho intramolecular Hbond substituents is 2. The van der Waals surface area contributed by atoms with Gasteiger partial charge in [-0.3, -0.25) is 4.79 Å². The van der Waals surface area contributed by atoms with Crippen LogP contribution < -0.4 is 0 Å². The fourth-order valence-corrected chi connectivity index (χ4v) is 4.83. The highest BCUT2D eigenvalue weighted by atomic mass is 35.5. The zero-order chi connectivity index (χ0) is 20.0. The van der Waals surface area contributed by atoms with Crippen LogP contribution >= 0.6 is 11.6 Å². The number of hydrogen-bond donors (Lipinski definition) is 3. The molecule has 0 unspecified atom stereocenters. The van der Waals surface area contributed by atoms with Gasteiger partial charge in [0, 0.05) is 28.6 Å². The van der Waals surface area contributed by atoms with Gasteiger partial charge in [-0.2, -0.15) is 0 Å². The highest BCUT2D eigenvalue weighted by Gasteiger charge is 2.38. The van der Waals surface area contributed by atoms with E-state index >= 15 is 0 Å². The second kappa shape index (κ2) is 7.24. The predicted octanol–water partition coefficient (Wildman–Crippen LogP) is 3.35. The number of aliphatic hydroxyl groups is 1. The van der Waals surface area contributed by atoms with Crippen molar-refractivity contribution in [3.63, 3.8) is 0 Å². The molecule has 0 saturated carbocycles. The third kappa shape index (κ3) is 3.00. The SMILES string of the molecule is CN1CC[C@@H](c2c(O)cc(O)c3c2CC(c2ccccc2Cl)=CC3=O)[C@@H]1CO. The molecule has 6 heteroatoms. The summed E-state index contributed by atoms with van der Waals surface area (Å²) in [6.07, 6.45) is 2.64. The number of allylic oxidation sites excluding steroid dienone is 2. The first-order chi connectivity index (χ1) is 13.4. The van der Waals surface area contributed by atoms with Crippen LogP contribution in [0.2, 0.25) is 5.02 Å². The maximum absolute atomic E-state index is 12.9. The number of ketones is 1. The lowest BCUT2D eigenvalue weighted by atomic mass is 9.78. The summed E-state index contributed by atoms with van der Waals surface area (Å²) in [7, 11) is 1.94. The third-order valence-electron chi connectivity index (χ3n) is 5.95. The molecule has 0 radical (unpaired) electrons. The largest absolute Gasteiger partial charge is 0.508 e. The molecular formula is C22H22ClNO4. The van der Waals surface area contributed by atoms with Gasteiger partial charge in [0.05, 0.1) is 12.2 Å². The van der Waals surface area contributed by atoms with E-state index in [0.717, 1.165) is 24.1 Å². The van der Waals surface area contributed by atoms with Crippen molar-refractivity contribution < 1.29 is 20.1 Å². The average molecular weight is 400 g/mol. The van der Waals surface area contributed by atoms with Crippen LogP contribution in [0.15, 0.2) is 36.4 Å². The quantitative estimate of drug-likeness (QED) is 0.737. The van der Waals surface area contributed by atoms with Crippen molar-refractivity contribution in [2.45, 2.75) is 24.8 Å². The van der Waals surface area contributed by atoms with E-state index in [0.29, 0.717) is 22.6 Å². The molecule has 1 aliphatic carbocycles. The molecule has 1 heterocycles. The molecule has 5 nitrogen and oxygen atoms in total. The number of fused-ring (bicyclic) bond motifs is 1. The molecule has 2 aromatic rings. The maximum atomic E-state index is 12.9. The standard InChI is InChI=1S/C22H22ClNO4/c1-24-7-6-14(17(24)11-25)21-15-8-12(13-4-2-3-5-16(13)23)9-18(26)22(15)20(28)10-19(21)27/h2-5,9-10,14,17,25,27-28H,6-8,11H2,1H3/t14-,17+/m1/s1. The van der Waals surface area contributed by atoms with Crippen LogP contribution in [0.4, 0.5) is 0 Å². The summed E-state index contributed by atoms with van der Waals surface area (Å²) in [4.78, 5) is 14.9. The summed E-state index contributed by atoms with van der Waals surface area (Å²) >= 11 is 6.34. The Morgan fingerprint density at radius 1 is 1.21 bits per heavy atom. The molecule has 2 aromatic carbocycles. The second-order valence-electron chi connectivity index (χ2n) is 7.50. The molecule has 28 heavy (non-hydrogen) atoms. The summed E-state index contributed by atoms with van der Waals surface area (Å²) in [6.45, 7) is 0.740. The number of likely N-dealkylation sites (tertiary alicyclic amines) is 1. The molecule has 1 aliphatic heterocycles. The molecule has 1 fully saturated rings. The number of aliphatic hydroxyl groups excluding tert-OH is 1. The second-order valence-corrected chi connectivity index (χ2v) is 7.91. The molecule has 1 saturated heterocycles. The van der Waals surface area contributed by atoms with Crippen molar-refractivity contribution in [2.75, 3.05) is 20.2 Å². The Balaban J connectivity index is 1.87. The van der Waals surface area contributed by atoms with E-state index in [1.165, 1.54) is 12.1 Å². The Morgan fingerprint density at radius 2 is 1.96 bits per heavy atom. The van der Waals surface area contributed by atoms with Gasteiger partial charge in [-0.1, -0.05) is 29.8 Å². The molecule has 2 aliphatic rings. The van der Waals surface area contributed by atoms with Crippen LogP contribution in [-0.2, 0) is 6.42 Å². The van der Waals surface area contributed by atoms with Gasteiger partial charge in [-0.15, -0.1) is 0 Å². The highest BCUT2D eigenvalue weighted by Crippen LogP contribution is 2.46. The number of hydrogen-bond acceptors (Lipinski definition) is 5. The topological polar surface area (TPSA) is 81.0 Å². The number of nitrogens with zero attached hydrogens (tertiary/aromatic N) is 1. The number of benzene rings is 2.